The number of hydrogen-bond donors (Lipinski definition) is 2. The summed E-state index contributed by atoms with van der Waals surface area (Å²) in [6.45, 7) is 0. The van der Waals surface area contributed by atoms with Gasteiger partial charge in [-0.15, -0.1) is 0 Å². The molecule has 1 saturated heterocycles. The van der Waals surface area contributed by atoms with Gasteiger partial charge in [0, 0.05) is 16.2 Å². The van der Waals surface area contributed by atoms with E-state index in [1.165, 1.54) is 6.07 Å². The maximum atomic E-state index is 11.5. The summed E-state index contributed by atoms with van der Waals surface area (Å²) in [7, 11) is -2.95. The fourth-order valence-corrected chi connectivity index (χ4v) is 4.34. The summed E-state index contributed by atoms with van der Waals surface area (Å²) in [5.74, 6) is -0.614. The first-order chi connectivity index (χ1) is 8.87. The van der Waals surface area contributed by atoms with Gasteiger partial charge in [0.15, 0.2) is 9.84 Å². The summed E-state index contributed by atoms with van der Waals surface area (Å²) >= 11 is 3.20. The predicted molar refractivity (Wildman–Crippen MR) is 76.4 cm³/mol. The normalized spacial score (nSPS) is 21.8. The van der Waals surface area contributed by atoms with E-state index in [1.54, 1.807) is 12.1 Å². The van der Waals surface area contributed by atoms with Gasteiger partial charge in [0.2, 0.25) is 0 Å². The van der Waals surface area contributed by atoms with E-state index >= 15 is 0 Å². The molecule has 0 spiro atoms. The van der Waals surface area contributed by atoms with E-state index in [0.717, 1.165) is 12.1 Å². The summed E-state index contributed by atoms with van der Waals surface area (Å²) in [6.07, 6.45) is 1.46. The highest BCUT2D eigenvalue weighted by Gasteiger charge is 2.24. The van der Waals surface area contributed by atoms with E-state index in [2.05, 4.69) is 21.2 Å². The molecule has 0 radical (unpaired) electrons. The van der Waals surface area contributed by atoms with E-state index in [0.29, 0.717) is 10.9 Å². The molecule has 1 heterocycles. The van der Waals surface area contributed by atoms with Gasteiger partial charge in [0.1, 0.15) is 0 Å². The minimum atomic E-state index is -2.95. The molecule has 19 heavy (non-hydrogen) atoms. The van der Waals surface area contributed by atoms with Crippen LogP contribution in [-0.4, -0.2) is 37.0 Å². The number of anilines is 1. The molecule has 0 amide bonds. The number of benzene rings is 1. The third-order valence-corrected chi connectivity index (χ3v) is 5.51. The Hall–Kier alpha value is -1.08. The molecule has 1 aromatic carbocycles. The van der Waals surface area contributed by atoms with Gasteiger partial charge in [0.05, 0.1) is 17.1 Å². The van der Waals surface area contributed by atoms with Crippen molar-refractivity contribution >= 4 is 37.4 Å². The molecule has 5 nitrogen and oxygen atoms in total. The zero-order valence-corrected chi connectivity index (χ0v) is 12.5. The lowest BCUT2D eigenvalue weighted by Gasteiger charge is -2.24. The number of halogens is 1. The molecule has 1 unspecified atom stereocenters. The Morgan fingerprint density at radius 2 is 2.16 bits per heavy atom. The zero-order chi connectivity index (χ0) is 14.0. The number of sulfone groups is 1. The molecule has 1 atom stereocenters. The number of aromatic carboxylic acids is 1. The van der Waals surface area contributed by atoms with Crippen LogP contribution in [0.15, 0.2) is 22.7 Å². The molecule has 1 aliphatic heterocycles. The lowest BCUT2D eigenvalue weighted by molar-refractivity contribution is 0.0696. The largest absolute Gasteiger partial charge is 0.478 e. The van der Waals surface area contributed by atoms with Crippen LogP contribution in [0.1, 0.15) is 23.2 Å². The maximum absolute atomic E-state index is 11.5. The van der Waals surface area contributed by atoms with Crippen molar-refractivity contribution in [3.05, 3.63) is 28.2 Å². The molecule has 1 fully saturated rings. The molecule has 2 N–H and O–H groups in total. The average Bonchev–Trinajstić information content (AvgIpc) is 2.27. The van der Waals surface area contributed by atoms with Crippen molar-refractivity contribution < 1.29 is 18.3 Å². The molecule has 0 saturated carbocycles. The molecule has 0 aliphatic carbocycles. The minimum absolute atomic E-state index is 0.110. The van der Waals surface area contributed by atoms with Crippen molar-refractivity contribution in [2.75, 3.05) is 16.8 Å². The molecule has 7 heteroatoms. The van der Waals surface area contributed by atoms with Gasteiger partial charge < -0.3 is 10.4 Å². The van der Waals surface area contributed by atoms with Crippen LogP contribution in [0.25, 0.3) is 0 Å². The zero-order valence-electron chi connectivity index (χ0n) is 10.1. The molecule has 1 aromatic rings. The molecule has 1 aliphatic rings. The second-order valence-electron chi connectivity index (χ2n) is 4.60. The van der Waals surface area contributed by atoms with Gasteiger partial charge in [-0.2, -0.15) is 0 Å². The lowest BCUT2D eigenvalue weighted by atomic mass is 10.1. The summed E-state index contributed by atoms with van der Waals surface area (Å²) in [6, 6.07) is 4.69. The standard InChI is InChI=1S/C12H14BrNO4S/c13-11-6-8(3-4-10(11)12(15)16)14-9-2-1-5-19(17,18)7-9/h3-4,6,9,14H,1-2,5,7H2,(H,15,16). The highest BCUT2D eigenvalue weighted by molar-refractivity contribution is 9.10. The Morgan fingerprint density at radius 3 is 2.74 bits per heavy atom. The summed E-state index contributed by atoms with van der Waals surface area (Å²) in [5.41, 5.74) is 0.904. The van der Waals surface area contributed by atoms with E-state index in [9.17, 15) is 13.2 Å². The molecule has 2 rings (SSSR count). The van der Waals surface area contributed by atoms with Crippen LogP contribution >= 0.6 is 15.9 Å². The van der Waals surface area contributed by atoms with E-state index < -0.39 is 15.8 Å². The van der Waals surface area contributed by atoms with Gasteiger partial charge in [0.25, 0.3) is 0 Å². The van der Waals surface area contributed by atoms with Gasteiger partial charge in [-0.05, 0) is 47.0 Å². The average molecular weight is 348 g/mol. The van der Waals surface area contributed by atoms with Crippen molar-refractivity contribution in [1.82, 2.24) is 0 Å². The quantitative estimate of drug-likeness (QED) is 0.874. The second kappa shape index (κ2) is 5.50. The van der Waals surface area contributed by atoms with Crippen LogP contribution in [-0.2, 0) is 9.84 Å². The van der Waals surface area contributed by atoms with Gasteiger partial charge >= 0.3 is 5.97 Å². The highest BCUT2D eigenvalue weighted by Crippen LogP contribution is 2.24. The van der Waals surface area contributed by atoms with Crippen molar-refractivity contribution in [2.24, 2.45) is 0 Å². The van der Waals surface area contributed by atoms with E-state index in [-0.39, 0.29) is 23.1 Å². The number of carboxylic acid groups (broad SMARTS) is 1. The second-order valence-corrected chi connectivity index (χ2v) is 7.68. The van der Waals surface area contributed by atoms with Crippen LogP contribution in [0.3, 0.4) is 0 Å². The van der Waals surface area contributed by atoms with Crippen LogP contribution in [0.4, 0.5) is 5.69 Å². The molecule has 104 valence electrons. The van der Waals surface area contributed by atoms with Crippen molar-refractivity contribution in [2.45, 2.75) is 18.9 Å². The third-order valence-electron chi connectivity index (χ3n) is 3.03. The monoisotopic (exact) mass is 347 g/mol. The lowest BCUT2D eigenvalue weighted by Crippen LogP contribution is -2.34. The number of rotatable bonds is 3. The first-order valence-corrected chi connectivity index (χ1v) is 8.48. The van der Waals surface area contributed by atoms with E-state index in [1.807, 2.05) is 0 Å². The van der Waals surface area contributed by atoms with Crippen LogP contribution in [0, 0.1) is 0 Å². The fourth-order valence-electron chi connectivity index (χ4n) is 2.15. The molecule has 0 aromatic heterocycles. The minimum Gasteiger partial charge on any atom is -0.478 e. The summed E-state index contributed by atoms with van der Waals surface area (Å²) in [5, 5.41) is 12.1. The van der Waals surface area contributed by atoms with Crippen LogP contribution < -0.4 is 5.32 Å². The SMILES string of the molecule is O=C(O)c1ccc(NC2CCCS(=O)(=O)C2)cc1Br. The van der Waals surface area contributed by atoms with Crippen molar-refractivity contribution in [3.8, 4) is 0 Å². The Balaban J connectivity index is 2.11. The van der Waals surface area contributed by atoms with Crippen LogP contribution in [0.5, 0.6) is 0 Å². The van der Waals surface area contributed by atoms with Crippen molar-refractivity contribution in [1.29, 1.82) is 0 Å². The Kier molecular flexibility index (Phi) is 4.15. The number of carboxylic acids is 1. The van der Waals surface area contributed by atoms with Crippen molar-refractivity contribution in [3.63, 3.8) is 0 Å². The van der Waals surface area contributed by atoms with Crippen LogP contribution in [0.2, 0.25) is 0 Å². The Bertz CT molecular complexity index is 600. The van der Waals surface area contributed by atoms with E-state index in [4.69, 9.17) is 5.11 Å². The number of hydrogen-bond acceptors (Lipinski definition) is 4. The maximum Gasteiger partial charge on any atom is 0.336 e. The van der Waals surface area contributed by atoms with Gasteiger partial charge in [-0.25, -0.2) is 13.2 Å². The number of nitrogens with one attached hydrogen (secondary N) is 1. The molecule has 0 bridgehead atoms. The third kappa shape index (κ3) is 3.70. The first-order valence-electron chi connectivity index (χ1n) is 5.87. The summed E-state index contributed by atoms with van der Waals surface area (Å²) < 4.78 is 23.5. The summed E-state index contributed by atoms with van der Waals surface area (Å²) in [4.78, 5) is 10.9. The smallest absolute Gasteiger partial charge is 0.336 e. The topological polar surface area (TPSA) is 83.5 Å². The van der Waals surface area contributed by atoms with Gasteiger partial charge in [-0.3, -0.25) is 0 Å². The Morgan fingerprint density at radius 1 is 1.42 bits per heavy atom. The predicted octanol–water partition coefficient (Wildman–Crippen LogP) is 2.14. The molecular formula is C12H14BrNO4S. The number of carbonyl (C=O) groups is 1. The fraction of sp³-hybridized carbons (Fsp3) is 0.417. The molecular weight excluding hydrogens is 334 g/mol. The highest BCUT2D eigenvalue weighted by atomic mass is 79.9. The van der Waals surface area contributed by atoms with Gasteiger partial charge in [-0.1, -0.05) is 0 Å². The first kappa shape index (κ1) is 14.3. The Labute approximate surface area is 120 Å².